The molecule has 1 unspecified atom stereocenters. The largest absolute Gasteiger partial charge is 0.417 e. The molecule has 0 amide bonds. The SMILES string of the molecule is CS(=O)(=O)c1ccc(-c2cc(C(F)(F)F)cnc2N2CCCC2CO)cc1. The molecule has 1 N–H and O–H groups in total. The molecule has 146 valence electrons. The first-order valence-electron chi connectivity index (χ1n) is 8.36. The molecule has 0 radical (unpaired) electrons. The molecule has 2 aromatic rings. The molecule has 1 atom stereocenters. The molecule has 0 spiro atoms. The van der Waals surface area contributed by atoms with Crippen LogP contribution in [0, 0.1) is 0 Å². The second-order valence-corrected chi connectivity index (χ2v) is 8.58. The second kappa shape index (κ2) is 7.12. The monoisotopic (exact) mass is 400 g/mol. The Morgan fingerprint density at radius 2 is 1.93 bits per heavy atom. The number of aromatic nitrogens is 1. The summed E-state index contributed by atoms with van der Waals surface area (Å²) in [4.78, 5) is 5.94. The lowest BCUT2D eigenvalue weighted by atomic mass is 10.0. The van der Waals surface area contributed by atoms with Gasteiger partial charge in [0.15, 0.2) is 9.84 Å². The Balaban J connectivity index is 2.13. The van der Waals surface area contributed by atoms with Gasteiger partial charge in [0, 0.05) is 24.6 Å². The summed E-state index contributed by atoms with van der Waals surface area (Å²) in [5, 5.41) is 9.55. The molecule has 1 fully saturated rings. The Bertz CT molecular complexity index is 928. The summed E-state index contributed by atoms with van der Waals surface area (Å²) in [5.74, 6) is 0.353. The average molecular weight is 400 g/mol. The Labute approximate surface area is 155 Å². The number of anilines is 1. The molecular formula is C18H19F3N2O3S. The highest BCUT2D eigenvalue weighted by molar-refractivity contribution is 7.90. The highest BCUT2D eigenvalue weighted by atomic mass is 32.2. The standard InChI is InChI=1S/C18H19F3N2O3S/c1-27(25,26)15-6-4-12(5-7-15)16-9-13(18(19,20)21)10-22-17(16)23-8-2-3-14(23)11-24/h4-7,9-10,14,24H,2-3,8,11H2,1H3. The molecule has 1 aromatic carbocycles. The van der Waals surface area contributed by atoms with Crippen molar-refractivity contribution in [1.82, 2.24) is 4.98 Å². The van der Waals surface area contributed by atoms with Gasteiger partial charge in [0.2, 0.25) is 0 Å². The van der Waals surface area contributed by atoms with Crippen LogP contribution in [0.2, 0.25) is 0 Å². The van der Waals surface area contributed by atoms with E-state index in [-0.39, 0.29) is 23.1 Å². The fraction of sp³-hybridized carbons (Fsp3) is 0.389. The number of halogens is 3. The van der Waals surface area contributed by atoms with E-state index < -0.39 is 21.6 Å². The predicted molar refractivity (Wildman–Crippen MR) is 95.2 cm³/mol. The van der Waals surface area contributed by atoms with Crippen molar-refractivity contribution in [1.29, 1.82) is 0 Å². The van der Waals surface area contributed by atoms with Crippen LogP contribution in [0.4, 0.5) is 19.0 Å². The molecular weight excluding hydrogens is 381 g/mol. The zero-order chi connectivity index (χ0) is 19.8. The third-order valence-electron chi connectivity index (χ3n) is 4.65. The Morgan fingerprint density at radius 1 is 1.26 bits per heavy atom. The summed E-state index contributed by atoms with van der Waals surface area (Å²) in [7, 11) is -3.41. The number of rotatable bonds is 4. The molecule has 0 saturated carbocycles. The van der Waals surface area contributed by atoms with Crippen molar-refractivity contribution >= 4 is 15.7 Å². The number of aliphatic hydroxyl groups is 1. The van der Waals surface area contributed by atoms with Crippen molar-refractivity contribution in [2.45, 2.75) is 30.0 Å². The quantitative estimate of drug-likeness (QED) is 0.854. The molecule has 2 heterocycles. The van der Waals surface area contributed by atoms with Crippen LogP contribution in [-0.2, 0) is 16.0 Å². The van der Waals surface area contributed by atoms with Gasteiger partial charge in [-0.3, -0.25) is 0 Å². The van der Waals surface area contributed by atoms with Crippen LogP contribution >= 0.6 is 0 Å². The summed E-state index contributed by atoms with van der Waals surface area (Å²) >= 11 is 0. The van der Waals surface area contributed by atoms with Crippen LogP contribution in [-0.4, -0.2) is 44.0 Å². The second-order valence-electron chi connectivity index (χ2n) is 6.56. The van der Waals surface area contributed by atoms with E-state index in [1.807, 2.05) is 0 Å². The van der Waals surface area contributed by atoms with Gasteiger partial charge in [-0.15, -0.1) is 0 Å². The zero-order valence-corrected chi connectivity index (χ0v) is 15.4. The van der Waals surface area contributed by atoms with E-state index in [0.717, 1.165) is 31.4 Å². The van der Waals surface area contributed by atoms with Crippen molar-refractivity contribution in [3.05, 3.63) is 42.1 Å². The van der Waals surface area contributed by atoms with Gasteiger partial charge in [-0.25, -0.2) is 13.4 Å². The number of hydrogen-bond donors (Lipinski definition) is 1. The lowest BCUT2D eigenvalue weighted by molar-refractivity contribution is -0.137. The molecule has 5 nitrogen and oxygen atoms in total. The minimum absolute atomic E-state index is 0.0853. The van der Waals surface area contributed by atoms with Gasteiger partial charge in [-0.05, 0) is 36.6 Å². The van der Waals surface area contributed by atoms with Gasteiger partial charge in [-0.2, -0.15) is 13.2 Å². The zero-order valence-electron chi connectivity index (χ0n) is 14.6. The van der Waals surface area contributed by atoms with Crippen LogP contribution in [0.15, 0.2) is 41.4 Å². The fourth-order valence-electron chi connectivity index (χ4n) is 3.24. The van der Waals surface area contributed by atoms with Gasteiger partial charge < -0.3 is 10.0 Å². The molecule has 9 heteroatoms. The van der Waals surface area contributed by atoms with E-state index >= 15 is 0 Å². The predicted octanol–water partition coefficient (Wildman–Crippen LogP) is 3.13. The Hall–Kier alpha value is -2.13. The van der Waals surface area contributed by atoms with Gasteiger partial charge in [-0.1, -0.05) is 12.1 Å². The van der Waals surface area contributed by atoms with Crippen molar-refractivity contribution in [3.63, 3.8) is 0 Å². The first-order chi connectivity index (χ1) is 12.6. The number of sulfone groups is 1. The Morgan fingerprint density at radius 3 is 2.48 bits per heavy atom. The van der Waals surface area contributed by atoms with E-state index in [0.29, 0.717) is 17.9 Å². The maximum Gasteiger partial charge on any atom is 0.417 e. The summed E-state index contributed by atoms with van der Waals surface area (Å²) in [6.45, 7) is 0.465. The molecule has 1 saturated heterocycles. The molecule has 27 heavy (non-hydrogen) atoms. The van der Waals surface area contributed by atoms with Crippen molar-refractivity contribution in [2.75, 3.05) is 24.3 Å². The maximum atomic E-state index is 13.2. The maximum absolute atomic E-state index is 13.2. The third-order valence-corrected chi connectivity index (χ3v) is 5.78. The fourth-order valence-corrected chi connectivity index (χ4v) is 3.87. The van der Waals surface area contributed by atoms with Crippen molar-refractivity contribution in [3.8, 4) is 11.1 Å². The molecule has 1 aliphatic rings. The van der Waals surface area contributed by atoms with E-state index in [4.69, 9.17) is 0 Å². The normalized spacial score (nSPS) is 18.1. The van der Waals surface area contributed by atoms with Gasteiger partial charge in [0.25, 0.3) is 0 Å². The highest BCUT2D eigenvalue weighted by Crippen LogP contribution is 2.38. The number of pyridine rings is 1. The minimum atomic E-state index is -4.55. The number of aliphatic hydroxyl groups excluding tert-OH is 1. The lowest BCUT2D eigenvalue weighted by Crippen LogP contribution is -2.33. The number of benzene rings is 1. The van der Waals surface area contributed by atoms with Crippen LogP contribution in [0.25, 0.3) is 11.1 Å². The minimum Gasteiger partial charge on any atom is -0.394 e. The Kier molecular flexibility index (Phi) is 5.18. The van der Waals surface area contributed by atoms with Gasteiger partial charge >= 0.3 is 6.18 Å². The first-order valence-corrected chi connectivity index (χ1v) is 10.3. The molecule has 1 aromatic heterocycles. The summed E-state index contributed by atoms with van der Waals surface area (Å²) in [6, 6.07) is 6.49. The smallest absolute Gasteiger partial charge is 0.394 e. The van der Waals surface area contributed by atoms with E-state index in [2.05, 4.69) is 4.98 Å². The highest BCUT2D eigenvalue weighted by Gasteiger charge is 2.34. The number of nitrogens with zero attached hydrogens (tertiary/aromatic N) is 2. The third kappa shape index (κ3) is 4.08. The number of hydrogen-bond acceptors (Lipinski definition) is 5. The van der Waals surface area contributed by atoms with Crippen molar-refractivity contribution in [2.24, 2.45) is 0 Å². The first kappa shape index (κ1) is 19.6. The number of alkyl halides is 3. The molecule has 0 aliphatic carbocycles. The molecule has 0 bridgehead atoms. The summed E-state index contributed by atoms with van der Waals surface area (Å²) in [5.41, 5.74) is -0.196. The topological polar surface area (TPSA) is 70.5 Å². The van der Waals surface area contributed by atoms with Crippen LogP contribution in [0.3, 0.4) is 0 Å². The van der Waals surface area contributed by atoms with E-state index in [9.17, 15) is 26.7 Å². The van der Waals surface area contributed by atoms with Crippen LogP contribution < -0.4 is 4.90 Å². The lowest BCUT2D eigenvalue weighted by Gasteiger charge is -2.27. The van der Waals surface area contributed by atoms with Gasteiger partial charge in [0.05, 0.1) is 23.1 Å². The average Bonchev–Trinajstić information content (AvgIpc) is 3.08. The summed E-state index contributed by atoms with van der Waals surface area (Å²) < 4.78 is 62.8. The van der Waals surface area contributed by atoms with Crippen molar-refractivity contribution < 1.29 is 26.7 Å². The van der Waals surface area contributed by atoms with E-state index in [1.54, 1.807) is 4.90 Å². The van der Waals surface area contributed by atoms with Crippen LogP contribution in [0.5, 0.6) is 0 Å². The van der Waals surface area contributed by atoms with Crippen LogP contribution in [0.1, 0.15) is 18.4 Å². The summed E-state index contributed by atoms with van der Waals surface area (Å²) in [6.07, 6.45) is -1.16. The van der Waals surface area contributed by atoms with Gasteiger partial charge in [0.1, 0.15) is 5.82 Å². The van der Waals surface area contributed by atoms with E-state index in [1.165, 1.54) is 24.3 Å². The molecule has 3 rings (SSSR count). The molecule has 1 aliphatic heterocycles.